The van der Waals surface area contributed by atoms with Crippen molar-refractivity contribution in [1.82, 2.24) is 0 Å². The zero-order chi connectivity index (χ0) is 9.44. The Bertz CT molecular complexity index is 148. The molecule has 1 unspecified atom stereocenters. The largest absolute Gasteiger partial charge is 1.00 e. The van der Waals surface area contributed by atoms with Gasteiger partial charge in [0, 0.05) is 0 Å². The molecule has 0 rings (SSSR count). The quantitative estimate of drug-likeness (QED) is 0.329. The monoisotopic (exact) mass is 250 g/mol. The number of rotatable bonds is 2. The Balaban J connectivity index is -0.000000142. The average molecular weight is 250 g/mol. The van der Waals surface area contributed by atoms with E-state index in [-0.39, 0.29) is 29.6 Å². The third-order valence-corrected chi connectivity index (χ3v) is 1.05. The van der Waals surface area contributed by atoms with Gasteiger partial charge < -0.3 is 9.11 Å². The Morgan fingerprint density at radius 3 is 1.17 bits per heavy atom. The van der Waals surface area contributed by atoms with Crippen LogP contribution in [-0.4, -0.2) is 30.8 Å². The second kappa shape index (κ2) is 12.2. The fraction of sp³-hybridized carbons (Fsp3) is 0. The van der Waals surface area contributed by atoms with E-state index in [1.165, 1.54) is 0 Å². The van der Waals surface area contributed by atoms with E-state index in [9.17, 15) is 8.42 Å². The molecule has 0 radical (unpaired) electrons. The summed E-state index contributed by atoms with van der Waals surface area (Å²) >= 11 is -8.15. The molecule has 0 saturated carbocycles. The van der Waals surface area contributed by atoms with Crippen LogP contribution in [0.1, 0.15) is 0 Å². The van der Waals surface area contributed by atoms with Crippen LogP contribution in [0, 0.1) is 0 Å². The average Bonchev–Trinajstić information content (AvgIpc) is 1.56. The van der Waals surface area contributed by atoms with Gasteiger partial charge >= 0.3 is 52.3 Å². The van der Waals surface area contributed by atoms with Gasteiger partial charge in [-0.15, -0.1) is 3.63 Å². The zero-order valence-electron chi connectivity index (χ0n) is 5.61. The molecule has 0 saturated heterocycles. The van der Waals surface area contributed by atoms with E-state index in [0.29, 0.717) is 0 Å². The summed E-state index contributed by atoms with van der Waals surface area (Å²) in [6, 6.07) is 0. The summed E-state index contributed by atoms with van der Waals surface area (Å²) in [7, 11) is 0. The van der Waals surface area contributed by atoms with Crippen LogP contribution in [0.2, 0.25) is 0 Å². The zero-order valence-corrected chi connectivity index (χ0v) is 10.1. The molecule has 1 atom stereocenters. The fourth-order valence-electron chi connectivity index (χ4n) is 0.0498. The van der Waals surface area contributed by atoms with Crippen LogP contribution in [0.15, 0.2) is 0 Å². The molecule has 0 aromatic heterocycles. The maximum atomic E-state index is 9.35. The second-order valence-electron chi connectivity index (χ2n) is 0.719. The second-order valence-corrected chi connectivity index (χ2v) is 2.57. The molecular formula is H3NaO8S3. The number of hydrogen-bond donors (Lipinski definition) is 3. The van der Waals surface area contributed by atoms with Crippen LogP contribution in [0.3, 0.4) is 0 Å². The van der Waals surface area contributed by atoms with Gasteiger partial charge in [0.15, 0.2) is 0 Å². The van der Waals surface area contributed by atoms with Crippen molar-refractivity contribution in [2.75, 3.05) is 0 Å². The van der Waals surface area contributed by atoms with E-state index in [0.717, 1.165) is 0 Å². The molecule has 0 aliphatic carbocycles. The Labute approximate surface area is 97.5 Å². The van der Waals surface area contributed by atoms with E-state index in [2.05, 4.69) is 3.63 Å². The molecule has 12 heteroatoms. The van der Waals surface area contributed by atoms with Gasteiger partial charge in [0.1, 0.15) is 0 Å². The van der Waals surface area contributed by atoms with Gasteiger partial charge in [-0.3, -0.25) is 9.11 Å². The Morgan fingerprint density at radius 2 is 1.17 bits per heavy atom. The predicted molar refractivity (Wildman–Crippen MR) is 34.2 cm³/mol. The van der Waals surface area contributed by atoms with Crippen LogP contribution >= 0.6 is 0 Å². The standard InChI is InChI=1S/Na.H2O5S2.H2O3S/c;1-6(2)5-7(3)4;1-4(2)3/h;(H,1,2)(H,3,4);(H2,1,2,3)/q+1;;/p-1. The minimum Gasteiger partial charge on any atom is -0.750 e. The molecule has 8 nitrogen and oxygen atoms in total. The van der Waals surface area contributed by atoms with Crippen molar-refractivity contribution in [3.63, 3.8) is 0 Å². The van der Waals surface area contributed by atoms with Crippen molar-refractivity contribution in [3.8, 4) is 0 Å². The van der Waals surface area contributed by atoms with Gasteiger partial charge in [0.2, 0.25) is 0 Å². The third-order valence-electron chi connectivity index (χ3n) is 0.116. The molecular weight excluding hydrogens is 247 g/mol. The Kier molecular flexibility index (Phi) is 19.3. The Hall–Kier alpha value is 1.25. The minimum absolute atomic E-state index is 0. The molecule has 3 N–H and O–H groups in total. The van der Waals surface area contributed by atoms with Crippen molar-refractivity contribution < 1.29 is 64.0 Å². The van der Waals surface area contributed by atoms with Crippen LogP contribution in [0.4, 0.5) is 0 Å². The van der Waals surface area contributed by atoms with Crippen LogP contribution in [0.5, 0.6) is 0 Å². The summed E-state index contributed by atoms with van der Waals surface area (Å²) in [5.74, 6) is 0. The third kappa shape index (κ3) is 42.9. The van der Waals surface area contributed by atoms with E-state index >= 15 is 0 Å². The number of hydrogen-bond acceptors (Lipinski definition) is 5. The summed E-state index contributed by atoms with van der Waals surface area (Å²) in [5, 5.41) is 0. The van der Waals surface area contributed by atoms with Crippen LogP contribution < -0.4 is 29.6 Å². The molecule has 12 heavy (non-hydrogen) atoms. The van der Waals surface area contributed by atoms with Crippen LogP contribution in [0.25, 0.3) is 0 Å². The topological polar surface area (TPSA) is 144 Å². The summed E-state index contributed by atoms with van der Waals surface area (Å²) in [4.78, 5) is 0. The first-order valence-electron chi connectivity index (χ1n) is 1.55. The minimum atomic E-state index is -2.86. The Morgan fingerprint density at radius 1 is 1.00 bits per heavy atom. The molecule has 70 valence electrons. The van der Waals surface area contributed by atoms with Gasteiger partial charge in [0.25, 0.3) is 0 Å². The van der Waals surface area contributed by atoms with Gasteiger partial charge in [-0.1, -0.05) is 0 Å². The van der Waals surface area contributed by atoms with Gasteiger partial charge in [-0.2, -0.15) is 8.42 Å². The van der Waals surface area contributed by atoms with E-state index < -0.39 is 34.1 Å². The first kappa shape index (κ1) is 18.9. The molecule has 0 amide bonds. The summed E-state index contributed by atoms with van der Waals surface area (Å²) in [6.45, 7) is 0. The van der Waals surface area contributed by atoms with Crippen molar-refractivity contribution in [2.45, 2.75) is 0 Å². The van der Waals surface area contributed by atoms with Gasteiger partial charge in [0.05, 0.1) is 11.4 Å². The molecule has 0 aromatic carbocycles. The first-order valence-corrected chi connectivity index (χ1v) is 4.64. The SMILES string of the molecule is O=S(O)OS(=O)O.O=S([O-])O.[Na+]. The smallest absolute Gasteiger partial charge is 0.750 e. The molecule has 0 bridgehead atoms. The van der Waals surface area contributed by atoms with Gasteiger partial charge in [-0.05, 0) is 0 Å². The van der Waals surface area contributed by atoms with Gasteiger partial charge in [-0.25, -0.2) is 4.21 Å². The molecule has 0 aliphatic heterocycles. The normalized spacial score (nSPS) is 16.0. The maximum absolute atomic E-state index is 9.35. The summed E-state index contributed by atoms with van der Waals surface area (Å²) < 4.78 is 61.3. The van der Waals surface area contributed by atoms with Crippen molar-refractivity contribution in [1.29, 1.82) is 0 Å². The summed E-state index contributed by atoms with van der Waals surface area (Å²) in [6.07, 6.45) is 0. The van der Waals surface area contributed by atoms with E-state index in [4.69, 9.17) is 22.4 Å². The summed E-state index contributed by atoms with van der Waals surface area (Å²) in [5.41, 5.74) is 0. The predicted octanol–water partition coefficient (Wildman–Crippen LogP) is -4.38. The van der Waals surface area contributed by atoms with Crippen molar-refractivity contribution >= 4 is 34.1 Å². The molecule has 0 fully saturated rings. The molecule has 0 heterocycles. The molecule has 0 aliphatic rings. The van der Waals surface area contributed by atoms with Crippen molar-refractivity contribution in [3.05, 3.63) is 0 Å². The molecule has 0 spiro atoms. The fourth-order valence-corrected chi connectivity index (χ4v) is 0.448. The van der Waals surface area contributed by atoms with Crippen molar-refractivity contribution in [2.24, 2.45) is 0 Å². The molecule has 0 aromatic rings. The van der Waals surface area contributed by atoms with E-state index in [1.54, 1.807) is 0 Å². The van der Waals surface area contributed by atoms with Crippen LogP contribution in [-0.2, 0) is 37.7 Å². The maximum Gasteiger partial charge on any atom is 1.00 e. The van der Waals surface area contributed by atoms with E-state index in [1.807, 2.05) is 0 Å². The first-order chi connectivity index (χ1) is 4.86.